The Morgan fingerprint density at radius 2 is 1.87 bits per heavy atom. The van der Waals surface area contributed by atoms with Gasteiger partial charge in [0.25, 0.3) is 5.56 Å². The minimum absolute atomic E-state index is 0.0196. The predicted molar refractivity (Wildman–Crippen MR) is 109 cm³/mol. The van der Waals surface area contributed by atoms with Gasteiger partial charge < -0.3 is 19.9 Å². The second-order valence-corrected chi connectivity index (χ2v) is 8.98. The molecular formula is C21H29N5O4. The quantitative estimate of drug-likeness (QED) is 0.724. The summed E-state index contributed by atoms with van der Waals surface area (Å²) in [6.07, 6.45) is 4.99. The summed E-state index contributed by atoms with van der Waals surface area (Å²) in [5.41, 5.74) is 1.64. The van der Waals surface area contributed by atoms with Gasteiger partial charge in [-0.05, 0) is 32.1 Å². The number of nitrogens with zero attached hydrogens (tertiary/aromatic N) is 3. The fourth-order valence-electron chi connectivity index (χ4n) is 5.41. The first-order valence-corrected chi connectivity index (χ1v) is 11.1. The molecule has 30 heavy (non-hydrogen) atoms. The fraction of sp³-hybridized carbons (Fsp3) is 0.714. The summed E-state index contributed by atoms with van der Waals surface area (Å²) in [7, 11) is 0. The van der Waals surface area contributed by atoms with Crippen molar-refractivity contribution in [3.8, 4) is 0 Å². The predicted octanol–water partition coefficient (Wildman–Crippen LogP) is 0.0816. The largest absolute Gasteiger partial charge is 0.378 e. The first-order valence-electron chi connectivity index (χ1n) is 11.1. The molecule has 162 valence electrons. The van der Waals surface area contributed by atoms with E-state index in [1.54, 1.807) is 0 Å². The Morgan fingerprint density at radius 3 is 2.57 bits per heavy atom. The van der Waals surface area contributed by atoms with Gasteiger partial charge in [-0.3, -0.25) is 19.4 Å². The number of rotatable bonds is 3. The molecule has 2 N–H and O–H groups in total. The van der Waals surface area contributed by atoms with Crippen LogP contribution in [0.1, 0.15) is 49.8 Å². The lowest BCUT2D eigenvalue weighted by Gasteiger charge is -2.40. The zero-order chi connectivity index (χ0) is 20.7. The van der Waals surface area contributed by atoms with Crippen molar-refractivity contribution in [1.82, 2.24) is 20.2 Å². The molecule has 0 unspecified atom stereocenters. The second-order valence-electron chi connectivity index (χ2n) is 8.98. The van der Waals surface area contributed by atoms with Crippen LogP contribution in [0.25, 0.3) is 0 Å². The number of carbonyl (C=O) groups excluding carboxylic acids is 2. The van der Waals surface area contributed by atoms with Gasteiger partial charge in [-0.2, -0.15) is 0 Å². The molecule has 3 saturated heterocycles. The van der Waals surface area contributed by atoms with Crippen LogP contribution in [0.2, 0.25) is 0 Å². The third-order valence-corrected chi connectivity index (χ3v) is 7.25. The average Bonchev–Trinajstić information content (AvgIpc) is 3.33. The number of hydrogen-bond acceptors (Lipinski definition) is 6. The standard InChI is InChI=1S/C21H29N5O4/c27-16-2-1-14(22-16)13-17(28)25-7-5-21(6-8-25)4-3-15-18(21)23-20(24-19(15)29)26-9-11-30-12-10-26/h14H,1-13H2,(H,22,27)(H,23,24,29)/t14-/m0/s1. The lowest BCUT2D eigenvalue weighted by Crippen LogP contribution is -2.46. The molecule has 3 aliphatic heterocycles. The molecule has 9 nitrogen and oxygen atoms in total. The number of fused-ring (bicyclic) bond motifs is 2. The molecular weight excluding hydrogens is 386 g/mol. The number of morpholine rings is 1. The Hall–Kier alpha value is -2.42. The van der Waals surface area contributed by atoms with E-state index in [0.29, 0.717) is 45.1 Å². The van der Waals surface area contributed by atoms with Crippen molar-refractivity contribution in [3.63, 3.8) is 0 Å². The number of nitrogens with one attached hydrogen (secondary N) is 2. The van der Waals surface area contributed by atoms with E-state index in [9.17, 15) is 14.4 Å². The molecule has 5 rings (SSSR count). The van der Waals surface area contributed by atoms with Crippen LogP contribution < -0.4 is 15.8 Å². The van der Waals surface area contributed by atoms with Crippen LogP contribution in [0.5, 0.6) is 0 Å². The maximum atomic E-state index is 12.7. The monoisotopic (exact) mass is 415 g/mol. The Balaban J connectivity index is 1.29. The number of hydrogen-bond donors (Lipinski definition) is 2. The van der Waals surface area contributed by atoms with E-state index in [0.717, 1.165) is 56.5 Å². The number of likely N-dealkylation sites (tertiary alicyclic amines) is 1. The van der Waals surface area contributed by atoms with Crippen LogP contribution in [0, 0.1) is 0 Å². The molecule has 0 aromatic carbocycles. The van der Waals surface area contributed by atoms with Gasteiger partial charge >= 0.3 is 0 Å². The number of amides is 2. The SMILES string of the molecule is O=C1CC[C@@H](CC(=O)N2CCC3(CCc4c3nc(N3CCOCC3)[nH]c4=O)CC2)N1. The highest BCUT2D eigenvalue weighted by molar-refractivity contribution is 5.82. The van der Waals surface area contributed by atoms with Crippen LogP contribution in [0.3, 0.4) is 0 Å². The molecule has 1 spiro atoms. The van der Waals surface area contributed by atoms with E-state index < -0.39 is 0 Å². The first-order chi connectivity index (χ1) is 14.5. The summed E-state index contributed by atoms with van der Waals surface area (Å²) >= 11 is 0. The highest BCUT2D eigenvalue weighted by Gasteiger charge is 2.45. The number of H-pyrrole nitrogens is 1. The highest BCUT2D eigenvalue weighted by Crippen LogP contribution is 2.44. The summed E-state index contributed by atoms with van der Waals surface area (Å²) in [5, 5.41) is 2.88. The van der Waals surface area contributed by atoms with Crippen molar-refractivity contribution in [2.75, 3.05) is 44.3 Å². The lowest BCUT2D eigenvalue weighted by molar-refractivity contribution is -0.133. The number of aromatic amines is 1. The maximum Gasteiger partial charge on any atom is 0.255 e. The van der Waals surface area contributed by atoms with Gasteiger partial charge in [0, 0.05) is 56.0 Å². The van der Waals surface area contributed by atoms with Gasteiger partial charge in [-0.25, -0.2) is 4.98 Å². The van der Waals surface area contributed by atoms with Crippen molar-refractivity contribution >= 4 is 17.8 Å². The van der Waals surface area contributed by atoms with E-state index in [-0.39, 0.29) is 28.8 Å². The van der Waals surface area contributed by atoms with Gasteiger partial charge in [0.2, 0.25) is 17.8 Å². The van der Waals surface area contributed by atoms with Crippen LogP contribution in [0.4, 0.5) is 5.95 Å². The van der Waals surface area contributed by atoms with Crippen molar-refractivity contribution in [2.45, 2.75) is 56.4 Å². The van der Waals surface area contributed by atoms with E-state index in [1.807, 2.05) is 4.90 Å². The summed E-state index contributed by atoms with van der Waals surface area (Å²) in [6, 6.07) is -0.0237. The Labute approximate surface area is 175 Å². The number of anilines is 1. The van der Waals surface area contributed by atoms with Crippen LogP contribution >= 0.6 is 0 Å². The zero-order valence-electron chi connectivity index (χ0n) is 17.2. The number of carbonyl (C=O) groups is 2. The van der Waals surface area contributed by atoms with Crippen molar-refractivity contribution in [1.29, 1.82) is 0 Å². The van der Waals surface area contributed by atoms with Crippen molar-refractivity contribution in [2.24, 2.45) is 0 Å². The molecule has 1 aromatic heterocycles. The summed E-state index contributed by atoms with van der Waals surface area (Å²) in [4.78, 5) is 48.8. The molecule has 4 aliphatic rings. The minimum Gasteiger partial charge on any atom is -0.378 e. The third kappa shape index (κ3) is 3.49. The Kier molecular flexibility index (Phi) is 5.00. The van der Waals surface area contributed by atoms with Gasteiger partial charge in [0.1, 0.15) is 0 Å². The average molecular weight is 415 g/mol. The molecule has 2 amide bonds. The molecule has 3 fully saturated rings. The van der Waals surface area contributed by atoms with Crippen molar-refractivity contribution < 1.29 is 14.3 Å². The Bertz CT molecular complexity index is 899. The maximum absolute atomic E-state index is 12.7. The summed E-state index contributed by atoms with van der Waals surface area (Å²) in [6.45, 7) is 4.11. The first kappa shape index (κ1) is 19.5. The van der Waals surface area contributed by atoms with E-state index >= 15 is 0 Å². The smallest absolute Gasteiger partial charge is 0.255 e. The highest BCUT2D eigenvalue weighted by atomic mass is 16.5. The minimum atomic E-state index is -0.108. The zero-order valence-corrected chi connectivity index (χ0v) is 17.2. The molecule has 1 aliphatic carbocycles. The second kappa shape index (κ2) is 7.68. The van der Waals surface area contributed by atoms with Crippen LogP contribution in [0.15, 0.2) is 4.79 Å². The normalized spacial score (nSPS) is 25.5. The molecule has 0 radical (unpaired) electrons. The molecule has 0 bridgehead atoms. The number of piperidine rings is 1. The molecule has 1 atom stereocenters. The van der Waals surface area contributed by atoms with Crippen molar-refractivity contribution in [3.05, 3.63) is 21.6 Å². The lowest BCUT2D eigenvalue weighted by atomic mass is 9.76. The molecule has 4 heterocycles. The fourth-order valence-corrected chi connectivity index (χ4v) is 5.41. The summed E-state index contributed by atoms with van der Waals surface area (Å²) < 4.78 is 5.42. The van der Waals surface area contributed by atoms with E-state index in [2.05, 4.69) is 15.2 Å². The summed E-state index contributed by atoms with van der Waals surface area (Å²) in [5.74, 6) is 0.808. The molecule has 1 aromatic rings. The number of ether oxygens (including phenoxy) is 1. The molecule has 9 heteroatoms. The van der Waals surface area contributed by atoms with Gasteiger partial charge in [-0.1, -0.05) is 0 Å². The molecule has 0 saturated carbocycles. The third-order valence-electron chi connectivity index (χ3n) is 7.25. The van der Waals surface area contributed by atoms with Gasteiger partial charge in [0.15, 0.2) is 0 Å². The number of aromatic nitrogens is 2. The topological polar surface area (TPSA) is 108 Å². The van der Waals surface area contributed by atoms with E-state index in [1.165, 1.54) is 0 Å². The van der Waals surface area contributed by atoms with E-state index in [4.69, 9.17) is 9.72 Å². The Morgan fingerprint density at radius 1 is 1.10 bits per heavy atom. The van der Waals surface area contributed by atoms with Gasteiger partial charge in [0.05, 0.1) is 18.9 Å². The van der Waals surface area contributed by atoms with Crippen LogP contribution in [-0.4, -0.2) is 72.1 Å². The van der Waals surface area contributed by atoms with Gasteiger partial charge in [-0.15, -0.1) is 0 Å². The van der Waals surface area contributed by atoms with Crippen LogP contribution in [-0.2, 0) is 26.2 Å².